The second kappa shape index (κ2) is 9.12. The minimum absolute atomic E-state index is 0.0698. The molecule has 0 saturated heterocycles. The number of ether oxygens (including phenoxy) is 2. The lowest BCUT2D eigenvalue weighted by Gasteiger charge is -2.10. The van der Waals surface area contributed by atoms with Gasteiger partial charge in [-0.15, -0.1) is 0 Å². The van der Waals surface area contributed by atoms with E-state index in [1.54, 1.807) is 18.2 Å². The minimum Gasteiger partial charge on any atom is -0.493 e. The van der Waals surface area contributed by atoms with Crippen molar-refractivity contribution in [1.82, 2.24) is 0 Å². The van der Waals surface area contributed by atoms with E-state index in [2.05, 4.69) is 5.32 Å². The predicted molar refractivity (Wildman–Crippen MR) is 97.9 cm³/mol. The van der Waals surface area contributed by atoms with Gasteiger partial charge in [0.05, 0.1) is 19.3 Å². The molecule has 0 atom stereocenters. The molecule has 27 heavy (non-hydrogen) atoms. The number of carbonyl (C=O) groups excluding carboxylic acids is 1. The van der Waals surface area contributed by atoms with Crippen LogP contribution in [-0.4, -0.2) is 19.6 Å². The first-order chi connectivity index (χ1) is 12.8. The van der Waals surface area contributed by atoms with Crippen molar-refractivity contribution in [3.05, 3.63) is 59.7 Å². The van der Waals surface area contributed by atoms with Gasteiger partial charge >= 0.3 is 6.18 Å². The molecule has 0 radical (unpaired) electrons. The molecule has 1 amide bonds. The Labute approximate surface area is 155 Å². The standard InChI is InChI=1S/C20H20F3NO3/c1-3-11-27-17-9-7-14(12-18(17)26-2)8-10-19(25)24-16-6-4-5-15(13-16)20(21,22)23/h4-10,12-13H,3,11H2,1-2H3,(H,24,25). The molecule has 2 aromatic rings. The van der Waals surface area contributed by atoms with Crippen LogP contribution in [0.25, 0.3) is 6.08 Å². The van der Waals surface area contributed by atoms with E-state index in [9.17, 15) is 18.0 Å². The number of rotatable bonds is 7. The molecule has 7 heteroatoms. The van der Waals surface area contributed by atoms with Gasteiger partial charge in [0.1, 0.15) is 0 Å². The van der Waals surface area contributed by atoms with Crippen molar-refractivity contribution in [2.45, 2.75) is 19.5 Å². The maximum atomic E-state index is 12.7. The summed E-state index contributed by atoms with van der Waals surface area (Å²) >= 11 is 0. The van der Waals surface area contributed by atoms with Gasteiger partial charge in [-0.25, -0.2) is 0 Å². The SMILES string of the molecule is CCCOc1ccc(C=CC(=O)Nc2cccc(C(F)(F)F)c2)cc1OC. The molecule has 0 saturated carbocycles. The molecule has 2 aromatic carbocycles. The first kappa shape index (κ1) is 20.4. The average molecular weight is 379 g/mol. The second-order valence-electron chi connectivity index (χ2n) is 5.66. The first-order valence-electron chi connectivity index (χ1n) is 8.30. The molecule has 4 nitrogen and oxygen atoms in total. The zero-order valence-corrected chi connectivity index (χ0v) is 15.0. The highest BCUT2D eigenvalue weighted by molar-refractivity contribution is 6.02. The van der Waals surface area contributed by atoms with Crippen LogP contribution in [0, 0.1) is 0 Å². The van der Waals surface area contributed by atoms with Crippen molar-refractivity contribution in [1.29, 1.82) is 0 Å². The van der Waals surface area contributed by atoms with Gasteiger partial charge in [0, 0.05) is 11.8 Å². The fourth-order valence-corrected chi connectivity index (χ4v) is 2.25. The van der Waals surface area contributed by atoms with Crippen molar-refractivity contribution >= 4 is 17.7 Å². The number of hydrogen-bond donors (Lipinski definition) is 1. The van der Waals surface area contributed by atoms with Gasteiger partial charge in [0.2, 0.25) is 5.91 Å². The summed E-state index contributed by atoms with van der Waals surface area (Å²) in [6.07, 6.45) is -0.827. The number of carbonyl (C=O) groups is 1. The fourth-order valence-electron chi connectivity index (χ4n) is 2.25. The Balaban J connectivity index is 2.06. The molecule has 144 valence electrons. The third-order valence-corrected chi connectivity index (χ3v) is 3.53. The molecule has 0 aliphatic carbocycles. The minimum atomic E-state index is -4.46. The number of amides is 1. The summed E-state index contributed by atoms with van der Waals surface area (Å²) in [5.74, 6) is 0.591. The molecule has 0 aliphatic heterocycles. The van der Waals surface area contributed by atoms with Gasteiger partial charge in [-0.3, -0.25) is 4.79 Å². The van der Waals surface area contributed by atoms with Gasteiger partial charge in [-0.1, -0.05) is 19.1 Å². The molecule has 0 heterocycles. The molecule has 0 spiro atoms. The van der Waals surface area contributed by atoms with Crippen molar-refractivity contribution < 1.29 is 27.4 Å². The van der Waals surface area contributed by atoms with E-state index in [1.807, 2.05) is 6.92 Å². The Morgan fingerprint density at radius 1 is 1.15 bits per heavy atom. The summed E-state index contributed by atoms with van der Waals surface area (Å²) in [6, 6.07) is 9.65. The van der Waals surface area contributed by atoms with Crippen LogP contribution in [0.15, 0.2) is 48.5 Å². The zero-order valence-electron chi connectivity index (χ0n) is 15.0. The largest absolute Gasteiger partial charge is 0.493 e. The van der Waals surface area contributed by atoms with Crippen LogP contribution in [0.5, 0.6) is 11.5 Å². The van der Waals surface area contributed by atoms with E-state index in [0.29, 0.717) is 23.7 Å². The predicted octanol–water partition coefficient (Wildman–Crippen LogP) is 5.15. The normalized spacial score (nSPS) is 11.4. The highest BCUT2D eigenvalue weighted by atomic mass is 19.4. The van der Waals surface area contributed by atoms with Crippen LogP contribution in [0.2, 0.25) is 0 Å². The van der Waals surface area contributed by atoms with Crippen molar-refractivity contribution in [2.75, 3.05) is 19.0 Å². The summed E-state index contributed by atoms with van der Waals surface area (Å²) in [7, 11) is 1.52. The average Bonchev–Trinajstić information content (AvgIpc) is 2.64. The maximum absolute atomic E-state index is 12.7. The van der Waals surface area contributed by atoms with Crippen LogP contribution >= 0.6 is 0 Å². The maximum Gasteiger partial charge on any atom is 0.416 e. The Hall–Kier alpha value is -2.96. The zero-order chi connectivity index (χ0) is 19.9. The molecule has 2 rings (SSSR count). The van der Waals surface area contributed by atoms with Crippen molar-refractivity contribution in [3.63, 3.8) is 0 Å². The van der Waals surface area contributed by atoms with Crippen LogP contribution < -0.4 is 14.8 Å². The van der Waals surface area contributed by atoms with Gasteiger partial charge in [0.15, 0.2) is 11.5 Å². The number of anilines is 1. The Bertz CT molecular complexity index is 816. The molecular formula is C20H20F3NO3. The summed E-state index contributed by atoms with van der Waals surface area (Å²) < 4.78 is 48.9. The van der Waals surface area contributed by atoms with E-state index >= 15 is 0 Å². The van der Waals surface area contributed by atoms with Crippen LogP contribution in [0.4, 0.5) is 18.9 Å². The number of nitrogens with one attached hydrogen (secondary N) is 1. The molecule has 1 N–H and O–H groups in total. The van der Waals surface area contributed by atoms with E-state index < -0.39 is 17.6 Å². The number of alkyl halides is 3. The Kier molecular flexibility index (Phi) is 6.87. The number of hydrogen-bond acceptors (Lipinski definition) is 3. The van der Waals surface area contributed by atoms with Gasteiger partial charge in [0.25, 0.3) is 0 Å². The number of methoxy groups -OCH3 is 1. The quantitative estimate of drug-likeness (QED) is 0.677. The smallest absolute Gasteiger partial charge is 0.416 e. The lowest BCUT2D eigenvalue weighted by molar-refractivity contribution is -0.137. The number of benzene rings is 2. The van der Waals surface area contributed by atoms with Gasteiger partial charge in [-0.05, 0) is 48.4 Å². The lowest BCUT2D eigenvalue weighted by atomic mass is 10.1. The van der Waals surface area contributed by atoms with Gasteiger partial charge in [-0.2, -0.15) is 13.2 Å². The summed E-state index contributed by atoms with van der Waals surface area (Å²) in [4.78, 5) is 12.0. The van der Waals surface area contributed by atoms with Crippen molar-refractivity contribution in [2.24, 2.45) is 0 Å². The molecule has 0 fully saturated rings. The molecule has 0 bridgehead atoms. The van der Waals surface area contributed by atoms with Crippen LogP contribution in [-0.2, 0) is 11.0 Å². The molecule has 0 aromatic heterocycles. The van der Waals surface area contributed by atoms with Crippen LogP contribution in [0.3, 0.4) is 0 Å². The Morgan fingerprint density at radius 2 is 1.93 bits per heavy atom. The van der Waals surface area contributed by atoms with Crippen LogP contribution in [0.1, 0.15) is 24.5 Å². The third kappa shape index (κ3) is 6.06. The second-order valence-corrected chi connectivity index (χ2v) is 5.66. The van der Waals surface area contributed by atoms with E-state index in [1.165, 1.54) is 31.4 Å². The first-order valence-corrected chi connectivity index (χ1v) is 8.30. The van der Waals surface area contributed by atoms with Gasteiger partial charge < -0.3 is 14.8 Å². The fraction of sp³-hybridized carbons (Fsp3) is 0.250. The topological polar surface area (TPSA) is 47.6 Å². The lowest BCUT2D eigenvalue weighted by Crippen LogP contribution is -2.10. The van der Waals surface area contributed by atoms with E-state index in [-0.39, 0.29) is 5.69 Å². The summed E-state index contributed by atoms with van der Waals surface area (Å²) in [5, 5.41) is 2.41. The molecular weight excluding hydrogens is 359 g/mol. The number of halogens is 3. The summed E-state index contributed by atoms with van der Waals surface area (Å²) in [6.45, 7) is 2.55. The van der Waals surface area contributed by atoms with E-state index in [0.717, 1.165) is 18.6 Å². The highest BCUT2D eigenvalue weighted by Crippen LogP contribution is 2.31. The summed E-state index contributed by atoms with van der Waals surface area (Å²) in [5.41, 5.74) is -0.0630. The Morgan fingerprint density at radius 3 is 2.59 bits per heavy atom. The molecule has 0 unspecified atom stereocenters. The monoisotopic (exact) mass is 379 g/mol. The third-order valence-electron chi connectivity index (χ3n) is 3.53. The molecule has 0 aliphatic rings. The van der Waals surface area contributed by atoms with Crippen molar-refractivity contribution in [3.8, 4) is 11.5 Å². The highest BCUT2D eigenvalue weighted by Gasteiger charge is 2.30. The van der Waals surface area contributed by atoms with E-state index in [4.69, 9.17) is 9.47 Å².